The molecule has 2 rings (SSSR count). The summed E-state index contributed by atoms with van der Waals surface area (Å²) in [6, 6.07) is 8.10. The third-order valence-electron chi connectivity index (χ3n) is 4.94. The summed E-state index contributed by atoms with van der Waals surface area (Å²) in [6.45, 7) is 8.57. The Kier molecular flexibility index (Phi) is 4.85. The van der Waals surface area contributed by atoms with Crippen LogP contribution in [0.1, 0.15) is 62.4 Å². The molecule has 1 saturated heterocycles. The van der Waals surface area contributed by atoms with Crippen LogP contribution in [0, 0.1) is 5.41 Å². The molecule has 1 aromatic rings. The lowest BCUT2D eigenvalue weighted by Gasteiger charge is -2.26. The Bertz CT molecular complexity index is 451. The van der Waals surface area contributed by atoms with Crippen LogP contribution in [0.15, 0.2) is 24.3 Å². The van der Waals surface area contributed by atoms with Gasteiger partial charge in [0.25, 0.3) is 5.91 Å². The highest BCUT2D eigenvalue weighted by molar-refractivity contribution is 5.94. The van der Waals surface area contributed by atoms with E-state index in [0.29, 0.717) is 5.41 Å². The van der Waals surface area contributed by atoms with Gasteiger partial charge in [0, 0.05) is 18.7 Å². The summed E-state index contributed by atoms with van der Waals surface area (Å²) in [6.07, 6.45) is 5.72. The first kappa shape index (κ1) is 15.1. The molecular formula is C18H27NO. The van der Waals surface area contributed by atoms with Crippen LogP contribution < -0.4 is 0 Å². The van der Waals surface area contributed by atoms with Crippen molar-refractivity contribution >= 4 is 5.91 Å². The van der Waals surface area contributed by atoms with Crippen LogP contribution in [0.25, 0.3) is 0 Å². The number of benzene rings is 1. The van der Waals surface area contributed by atoms with E-state index in [4.69, 9.17) is 0 Å². The lowest BCUT2D eigenvalue weighted by molar-refractivity contribution is 0.0756. The smallest absolute Gasteiger partial charge is 0.253 e. The van der Waals surface area contributed by atoms with Crippen LogP contribution >= 0.6 is 0 Å². The van der Waals surface area contributed by atoms with Gasteiger partial charge in [0.05, 0.1) is 0 Å². The van der Waals surface area contributed by atoms with Crippen molar-refractivity contribution in [3.8, 4) is 0 Å². The maximum absolute atomic E-state index is 12.6. The van der Waals surface area contributed by atoms with Crippen molar-refractivity contribution < 1.29 is 4.79 Å². The molecule has 0 aromatic heterocycles. The third-order valence-corrected chi connectivity index (χ3v) is 4.94. The molecule has 0 saturated carbocycles. The molecule has 0 radical (unpaired) electrons. The van der Waals surface area contributed by atoms with Gasteiger partial charge in [-0.3, -0.25) is 4.79 Å². The number of hydrogen-bond acceptors (Lipinski definition) is 1. The standard InChI is InChI=1S/C18H27NO/c1-4-15-7-9-16(10-8-15)17(20)19-13-6-11-18(3,5-2)12-14-19/h7-10H,4-6,11-14H2,1-3H3. The summed E-state index contributed by atoms with van der Waals surface area (Å²) in [4.78, 5) is 14.6. The van der Waals surface area contributed by atoms with E-state index in [1.54, 1.807) is 0 Å². The average Bonchev–Trinajstić information content (AvgIpc) is 2.69. The molecule has 0 aliphatic carbocycles. The lowest BCUT2D eigenvalue weighted by atomic mass is 9.80. The van der Waals surface area contributed by atoms with Gasteiger partial charge in [-0.15, -0.1) is 0 Å². The highest BCUT2D eigenvalue weighted by Gasteiger charge is 2.28. The van der Waals surface area contributed by atoms with Crippen molar-refractivity contribution in [1.29, 1.82) is 0 Å². The van der Waals surface area contributed by atoms with Gasteiger partial charge in [0.1, 0.15) is 0 Å². The van der Waals surface area contributed by atoms with E-state index in [1.807, 2.05) is 17.0 Å². The van der Waals surface area contributed by atoms with Gasteiger partial charge in [-0.2, -0.15) is 0 Å². The van der Waals surface area contributed by atoms with Gasteiger partial charge in [0.15, 0.2) is 0 Å². The number of carbonyl (C=O) groups excluding carboxylic acids is 1. The van der Waals surface area contributed by atoms with Crippen LogP contribution in [0.2, 0.25) is 0 Å². The molecule has 1 atom stereocenters. The topological polar surface area (TPSA) is 20.3 Å². The van der Waals surface area contributed by atoms with E-state index in [2.05, 4.69) is 32.9 Å². The van der Waals surface area contributed by atoms with Gasteiger partial charge < -0.3 is 4.90 Å². The molecule has 1 aromatic carbocycles. The molecule has 20 heavy (non-hydrogen) atoms. The largest absolute Gasteiger partial charge is 0.339 e. The Morgan fingerprint density at radius 1 is 1.15 bits per heavy atom. The fraction of sp³-hybridized carbons (Fsp3) is 0.611. The summed E-state index contributed by atoms with van der Waals surface area (Å²) >= 11 is 0. The summed E-state index contributed by atoms with van der Waals surface area (Å²) in [5, 5.41) is 0. The maximum atomic E-state index is 12.6. The van der Waals surface area contributed by atoms with Crippen molar-refractivity contribution in [3.63, 3.8) is 0 Å². The molecule has 1 heterocycles. The van der Waals surface area contributed by atoms with Crippen LogP contribution in [0.5, 0.6) is 0 Å². The lowest BCUT2D eigenvalue weighted by Crippen LogP contribution is -2.32. The van der Waals surface area contributed by atoms with E-state index >= 15 is 0 Å². The first-order chi connectivity index (χ1) is 9.58. The molecule has 1 aliphatic rings. The predicted octanol–water partition coefficient (Wildman–Crippen LogP) is 4.29. The zero-order valence-corrected chi connectivity index (χ0v) is 13.1. The molecule has 0 bridgehead atoms. The van der Waals surface area contributed by atoms with Gasteiger partial charge in [0.2, 0.25) is 0 Å². The highest BCUT2D eigenvalue weighted by Crippen LogP contribution is 2.34. The van der Waals surface area contributed by atoms with Crippen molar-refractivity contribution in [3.05, 3.63) is 35.4 Å². The first-order valence-corrected chi connectivity index (χ1v) is 7.96. The van der Waals surface area contributed by atoms with Crippen molar-refractivity contribution in [1.82, 2.24) is 4.90 Å². The SMILES string of the molecule is CCc1ccc(C(=O)N2CCCC(C)(CC)CC2)cc1. The number of likely N-dealkylation sites (tertiary alicyclic amines) is 1. The number of carbonyl (C=O) groups is 1. The molecule has 2 nitrogen and oxygen atoms in total. The Morgan fingerprint density at radius 2 is 1.85 bits per heavy atom. The molecular weight excluding hydrogens is 246 g/mol. The zero-order chi connectivity index (χ0) is 14.6. The van der Waals surface area contributed by atoms with Gasteiger partial charge in [-0.25, -0.2) is 0 Å². The first-order valence-electron chi connectivity index (χ1n) is 7.96. The zero-order valence-electron chi connectivity index (χ0n) is 13.1. The Balaban J connectivity index is 2.05. The minimum Gasteiger partial charge on any atom is -0.339 e. The number of nitrogens with zero attached hydrogens (tertiary/aromatic N) is 1. The van der Waals surface area contributed by atoms with Crippen molar-refractivity contribution in [2.45, 2.75) is 52.9 Å². The van der Waals surface area contributed by atoms with Gasteiger partial charge in [-0.1, -0.05) is 39.3 Å². The molecule has 110 valence electrons. The Morgan fingerprint density at radius 3 is 2.45 bits per heavy atom. The van der Waals surface area contributed by atoms with E-state index < -0.39 is 0 Å². The second kappa shape index (κ2) is 6.43. The van der Waals surface area contributed by atoms with Crippen LogP contribution in [0.4, 0.5) is 0 Å². The van der Waals surface area contributed by atoms with E-state index in [0.717, 1.165) is 37.9 Å². The summed E-state index contributed by atoms with van der Waals surface area (Å²) in [7, 11) is 0. The number of rotatable bonds is 3. The fourth-order valence-electron chi connectivity index (χ4n) is 2.96. The highest BCUT2D eigenvalue weighted by atomic mass is 16.2. The van der Waals surface area contributed by atoms with E-state index in [1.165, 1.54) is 18.4 Å². The number of aryl methyl sites for hydroxylation is 1. The second-order valence-electron chi connectivity index (χ2n) is 6.36. The second-order valence-corrected chi connectivity index (χ2v) is 6.36. The Labute approximate surface area is 123 Å². The van der Waals surface area contributed by atoms with Crippen LogP contribution in [-0.4, -0.2) is 23.9 Å². The number of hydrogen-bond donors (Lipinski definition) is 0. The summed E-state index contributed by atoms with van der Waals surface area (Å²) in [5.74, 6) is 0.202. The van der Waals surface area contributed by atoms with Gasteiger partial charge >= 0.3 is 0 Å². The summed E-state index contributed by atoms with van der Waals surface area (Å²) < 4.78 is 0. The normalized spacial score (nSPS) is 23.4. The van der Waals surface area contributed by atoms with Crippen LogP contribution in [-0.2, 0) is 6.42 Å². The monoisotopic (exact) mass is 273 g/mol. The summed E-state index contributed by atoms with van der Waals surface area (Å²) in [5.41, 5.74) is 2.54. The molecule has 1 aliphatic heterocycles. The minimum atomic E-state index is 0.202. The molecule has 0 N–H and O–H groups in total. The maximum Gasteiger partial charge on any atom is 0.253 e. The molecule has 1 amide bonds. The Hall–Kier alpha value is -1.31. The number of amides is 1. The van der Waals surface area contributed by atoms with Crippen molar-refractivity contribution in [2.24, 2.45) is 5.41 Å². The van der Waals surface area contributed by atoms with Gasteiger partial charge in [-0.05, 0) is 48.8 Å². The van der Waals surface area contributed by atoms with Crippen LogP contribution in [0.3, 0.4) is 0 Å². The average molecular weight is 273 g/mol. The van der Waals surface area contributed by atoms with Crippen molar-refractivity contribution in [2.75, 3.05) is 13.1 Å². The molecule has 1 fully saturated rings. The van der Waals surface area contributed by atoms with E-state index in [-0.39, 0.29) is 5.91 Å². The molecule has 2 heteroatoms. The third kappa shape index (κ3) is 3.41. The fourth-order valence-corrected chi connectivity index (χ4v) is 2.96. The van der Waals surface area contributed by atoms with E-state index in [9.17, 15) is 4.79 Å². The predicted molar refractivity (Wildman–Crippen MR) is 84.0 cm³/mol. The quantitative estimate of drug-likeness (QED) is 0.804. The minimum absolute atomic E-state index is 0.202. The molecule has 0 spiro atoms. The molecule has 1 unspecified atom stereocenters.